The first kappa shape index (κ1) is 15.9. The summed E-state index contributed by atoms with van der Waals surface area (Å²) in [4.78, 5) is 28.1. The number of aryl methyl sites for hydroxylation is 2. The summed E-state index contributed by atoms with van der Waals surface area (Å²) in [6.07, 6.45) is 4.68. The van der Waals surface area contributed by atoms with E-state index < -0.39 is 5.97 Å². The zero-order valence-electron chi connectivity index (χ0n) is 12.5. The summed E-state index contributed by atoms with van der Waals surface area (Å²) in [5.74, 6) is -0.756. The lowest BCUT2D eigenvalue weighted by molar-refractivity contribution is -0.111. The Balaban J connectivity index is 2.03. The molecule has 0 saturated heterocycles. The minimum Gasteiger partial charge on any atom is -0.462 e. The van der Waals surface area contributed by atoms with E-state index >= 15 is 0 Å². The van der Waals surface area contributed by atoms with Crippen LogP contribution in [0.1, 0.15) is 28.0 Å². The van der Waals surface area contributed by atoms with Crippen LogP contribution in [0.25, 0.3) is 6.08 Å². The molecule has 0 bridgehead atoms. The lowest BCUT2D eigenvalue weighted by Gasteiger charge is -1.98. The third kappa shape index (κ3) is 3.79. The van der Waals surface area contributed by atoms with Gasteiger partial charge in [0.05, 0.1) is 18.0 Å². The van der Waals surface area contributed by atoms with Gasteiger partial charge in [-0.2, -0.15) is 5.10 Å². The van der Waals surface area contributed by atoms with E-state index in [9.17, 15) is 9.59 Å². The summed E-state index contributed by atoms with van der Waals surface area (Å²) < 4.78 is 6.58. The maximum Gasteiger partial charge on any atom is 0.350 e. The summed E-state index contributed by atoms with van der Waals surface area (Å²) in [5.41, 5.74) is 1.34. The Labute approximate surface area is 131 Å². The van der Waals surface area contributed by atoms with Crippen molar-refractivity contribution in [1.29, 1.82) is 0 Å². The van der Waals surface area contributed by atoms with Gasteiger partial charge in [0.15, 0.2) is 5.13 Å². The van der Waals surface area contributed by atoms with Crippen LogP contribution in [0.15, 0.2) is 18.3 Å². The van der Waals surface area contributed by atoms with Crippen LogP contribution in [0, 0.1) is 6.92 Å². The molecule has 0 aliphatic carbocycles. The van der Waals surface area contributed by atoms with E-state index in [4.69, 9.17) is 4.74 Å². The first-order valence-electron chi connectivity index (χ1n) is 6.63. The Morgan fingerprint density at radius 1 is 1.50 bits per heavy atom. The van der Waals surface area contributed by atoms with Crippen LogP contribution in [0.3, 0.4) is 0 Å². The van der Waals surface area contributed by atoms with Gasteiger partial charge in [-0.05, 0) is 26.0 Å². The Hall–Kier alpha value is -2.48. The molecule has 7 nitrogen and oxygen atoms in total. The van der Waals surface area contributed by atoms with E-state index in [1.807, 2.05) is 0 Å². The zero-order valence-corrected chi connectivity index (χ0v) is 13.3. The number of nitrogens with one attached hydrogen (secondary N) is 1. The first-order valence-corrected chi connectivity index (χ1v) is 7.44. The second kappa shape index (κ2) is 6.99. The number of thiazole rings is 1. The average molecular weight is 320 g/mol. The van der Waals surface area contributed by atoms with Gasteiger partial charge >= 0.3 is 5.97 Å². The number of esters is 1. The summed E-state index contributed by atoms with van der Waals surface area (Å²) >= 11 is 1.09. The van der Waals surface area contributed by atoms with Gasteiger partial charge in [0.2, 0.25) is 5.91 Å². The van der Waals surface area contributed by atoms with Crippen molar-refractivity contribution in [2.75, 3.05) is 11.9 Å². The van der Waals surface area contributed by atoms with Gasteiger partial charge in [0, 0.05) is 19.3 Å². The van der Waals surface area contributed by atoms with Gasteiger partial charge in [-0.1, -0.05) is 11.3 Å². The Morgan fingerprint density at radius 3 is 2.91 bits per heavy atom. The molecule has 22 heavy (non-hydrogen) atoms. The van der Waals surface area contributed by atoms with Crippen molar-refractivity contribution in [2.45, 2.75) is 13.8 Å². The Morgan fingerprint density at radius 2 is 2.27 bits per heavy atom. The second-order valence-corrected chi connectivity index (χ2v) is 5.36. The van der Waals surface area contributed by atoms with Crippen LogP contribution in [0.2, 0.25) is 0 Å². The van der Waals surface area contributed by atoms with Crippen molar-refractivity contribution in [3.05, 3.63) is 34.6 Å². The van der Waals surface area contributed by atoms with E-state index in [0.717, 1.165) is 17.0 Å². The average Bonchev–Trinajstić information content (AvgIpc) is 3.03. The largest absolute Gasteiger partial charge is 0.462 e. The fourth-order valence-corrected chi connectivity index (χ4v) is 2.55. The second-order valence-electron chi connectivity index (χ2n) is 4.36. The van der Waals surface area contributed by atoms with E-state index in [1.54, 1.807) is 43.9 Å². The molecule has 0 radical (unpaired) electrons. The van der Waals surface area contributed by atoms with Crippen LogP contribution in [-0.4, -0.2) is 33.2 Å². The fourth-order valence-electron chi connectivity index (χ4n) is 1.69. The predicted molar refractivity (Wildman–Crippen MR) is 83.7 cm³/mol. The molecular formula is C14H16N4O3S. The highest BCUT2D eigenvalue weighted by Gasteiger charge is 2.16. The van der Waals surface area contributed by atoms with Crippen LogP contribution in [0.5, 0.6) is 0 Å². The SMILES string of the molecule is CCOC(=O)c1sc(NC(=O)C=Cc2ccnn2C)nc1C. The molecule has 0 aliphatic rings. The quantitative estimate of drug-likeness (QED) is 0.673. The predicted octanol–water partition coefficient (Wildman–Crippen LogP) is 2.01. The smallest absolute Gasteiger partial charge is 0.350 e. The van der Waals surface area contributed by atoms with Crippen LogP contribution in [0.4, 0.5) is 5.13 Å². The molecular weight excluding hydrogens is 304 g/mol. The number of carbonyl (C=O) groups excluding carboxylic acids is 2. The molecule has 0 aromatic carbocycles. The highest BCUT2D eigenvalue weighted by Crippen LogP contribution is 2.23. The minimum absolute atomic E-state index is 0.297. The van der Waals surface area contributed by atoms with E-state index in [-0.39, 0.29) is 5.91 Å². The number of hydrogen-bond acceptors (Lipinski definition) is 6. The molecule has 8 heteroatoms. The molecule has 0 spiro atoms. The van der Waals surface area contributed by atoms with Crippen molar-refractivity contribution < 1.29 is 14.3 Å². The number of anilines is 1. The monoisotopic (exact) mass is 320 g/mol. The number of nitrogens with zero attached hydrogens (tertiary/aromatic N) is 3. The highest BCUT2D eigenvalue weighted by atomic mass is 32.1. The molecule has 0 saturated carbocycles. The summed E-state index contributed by atoms with van der Waals surface area (Å²) in [7, 11) is 1.79. The molecule has 0 fully saturated rings. The number of hydrogen-bond donors (Lipinski definition) is 1. The molecule has 2 heterocycles. The van der Waals surface area contributed by atoms with Crippen molar-refractivity contribution in [3.63, 3.8) is 0 Å². The molecule has 0 atom stereocenters. The van der Waals surface area contributed by atoms with Gasteiger partial charge < -0.3 is 4.74 Å². The maximum absolute atomic E-state index is 11.9. The molecule has 1 N–H and O–H groups in total. The molecule has 2 rings (SSSR count). The van der Waals surface area contributed by atoms with Crippen molar-refractivity contribution in [3.8, 4) is 0 Å². The van der Waals surface area contributed by atoms with E-state index in [0.29, 0.717) is 22.3 Å². The maximum atomic E-state index is 11.9. The lowest BCUT2D eigenvalue weighted by Crippen LogP contribution is -2.07. The summed E-state index contributed by atoms with van der Waals surface area (Å²) in [6.45, 7) is 3.73. The van der Waals surface area contributed by atoms with Crippen molar-refractivity contribution >= 4 is 34.4 Å². The standard InChI is InChI=1S/C14H16N4O3S/c1-4-21-13(20)12-9(2)16-14(22-12)17-11(19)6-5-10-7-8-15-18(10)3/h5-8H,4H2,1-3H3,(H,16,17,19). The van der Waals surface area contributed by atoms with Gasteiger partial charge in [-0.15, -0.1) is 0 Å². The van der Waals surface area contributed by atoms with Crippen molar-refractivity contribution in [2.24, 2.45) is 7.05 Å². The molecule has 0 unspecified atom stereocenters. The summed E-state index contributed by atoms with van der Waals surface area (Å²) in [6, 6.07) is 1.79. The lowest BCUT2D eigenvalue weighted by atomic mass is 10.3. The van der Waals surface area contributed by atoms with Crippen LogP contribution >= 0.6 is 11.3 Å². The number of rotatable bonds is 5. The molecule has 2 aromatic rings. The van der Waals surface area contributed by atoms with E-state index in [1.165, 1.54) is 6.08 Å². The number of amides is 1. The Kier molecular flexibility index (Phi) is 5.05. The molecule has 2 aromatic heterocycles. The topological polar surface area (TPSA) is 86.1 Å². The minimum atomic E-state index is -0.427. The molecule has 1 amide bonds. The first-order chi connectivity index (χ1) is 10.5. The van der Waals surface area contributed by atoms with Gasteiger partial charge in [-0.3, -0.25) is 14.8 Å². The fraction of sp³-hybridized carbons (Fsp3) is 0.286. The number of carbonyl (C=O) groups is 2. The third-order valence-corrected chi connectivity index (χ3v) is 3.80. The number of ether oxygens (including phenoxy) is 1. The van der Waals surface area contributed by atoms with Crippen molar-refractivity contribution in [1.82, 2.24) is 14.8 Å². The van der Waals surface area contributed by atoms with Gasteiger partial charge in [-0.25, -0.2) is 9.78 Å². The highest BCUT2D eigenvalue weighted by molar-refractivity contribution is 7.17. The van der Waals surface area contributed by atoms with Crippen LogP contribution < -0.4 is 5.32 Å². The van der Waals surface area contributed by atoms with Crippen LogP contribution in [-0.2, 0) is 16.6 Å². The third-order valence-electron chi connectivity index (χ3n) is 2.75. The zero-order chi connectivity index (χ0) is 16.1. The molecule has 116 valence electrons. The Bertz CT molecular complexity index is 717. The number of aromatic nitrogens is 3. The normalized spacial score (nSPS) is 10.9. The van der Waals surface area contributed by atoms with Gasteiger partial charge in [0.25, 0.3) is 0 Å². The molecule has 0 aliphatic heterocycles. The summed E-state index contributed by atoms with van der Waals surface area (Å²) in [5, 5.41) is 6.99. The van der Waals surface area contributed by atoms with Gasteiger partial charge in [0.1, 0.15) is 4.88 Å². The van der Waals surface area contributed by atoms with E-state index in [2.05, 4.69) is 15.4 Å².